The second kappa shape index (κ2) is 7.90. The van der Waals surface area contributed by atoms with Gasteiger partial charge in [0.1, 0.15) is 30.0 Å². The highest BCUT2D eigenvalue weighted by Crippen LogP contribution is 2.37. The number of aliphatic hydroxyl groups is 2. The number of fused-ring (bicyclic) bond motifs is 1. The van der Waals surface area contributed by atoms with Gasteiger partial charge in [0.05, 0.1) is 11.5 Å². The van der Waals surface area contributed by atoms with E-state index in [0.29, 0.717) is 27.6 Å². The van der Waals surface area contributed by atoms with Gasteiger partial charge in [-0.15, -0.1) is 0 Å². The van der Waals surface area contributed by atoms with E-state index in [1.807, 2.05) is 42.5 Å². The van der Waals surface area contributed by atoms with Gasteiger partial charge in [-0.2, -0.15) is 5.10 Å². The Bertz CT molecular complexity index is 1220. The van der Waals surface area contributed by atoms with Crippen LogP contribution in [0.5, 0.6) is 0 Å². The molecule has 4 aromatic rings. The predicted octanol–water partition coefficient (Wildman–Crippen LogP) is 3.53. The number of halogens is 1. The maximum atomic E-state index is 10.5. The second-order valence-corrected chi connectivity index (χ2v) is 7.86. The highest BCUT2D eigenvalue weighted by Gasteiger charge is 2.43. The van der Waals surface area contributed by atoms with Crippen LogP contribution in [0.25, 0.3) is 22.3 Å². The highest BCUT2D eigenvalue weighted by atomic mass is 35.5. The molecular weight excluding hydrogens is 418 g/mol. The fraction of sp³-hybridized carbons (Fsp3) is 0.227. The molecule has 1 fully saturated rings. The van der Waals surface area contributed by atoms with Crippen LogP contribution in [0.1, 0.15) is 13.2 Å². The van der Waals surface area contributed by atoms with Crippen LogP contribution in [-0.2, 0) is 4.74 Å². The minimum Gasteiger partial charge on any atom is -0.388 e. The molecule has 0 spiro atoms. The molecule has 2 aromatic heterocycles. The molecule has 0 saturated carbocycles. The quantitative estimate of drug-likeness (QED) is 0.448. The summed E-state index contributed by atoms with van der Waals surface area (Å²) in [6.45, 7) is 1.71. The molecule has 0 aliphatic carbocycles. The second-order valence-electron chi connectivity index (χ2n) is 7.42. The van der Waals surface area contributed by atoms with Gasteiger partial charge in [0, 0.05) is 16.3 Å². The number of ether oxygens (including phenoxy) is 1. The number of benzene rings is 2. The zero-order valence-corrected chi connectivity index (χ0v) is 17.3. The van der Waals surface area contributed by atoms with Gasteiger partial charge in [-0.1, -0.05) is 41.9 Å². The summed E-state index contributed by atoms with van der Waals surface area (Å²) in [4.78, 5) is 8.87. The van der Waals surface area contributed by atoms with E-state index in [-0.39, 0.29) is 0 Å². The van der Waals surface area contributed by atoms with Crippen molar-refractivity contribution in [3.8, 4) is 11.3 Å². The molecule has 1 saturated heterocycles. The third-order valence-electron chi connectivity index (χ3n) is 5.36. The summed E-state index contributed by atoms with van der Waals surface area (Å²) >= 11 is 6.07. The van der Waals surface area contributed by atoms with E-state index in [4.69, 9.17) is 21.4 Å². The van der Waals surface area contributed by atoms with Gasteiger partial charge in [0.25, 0.3) is 0 Å². The first-order valence-electron chi connectivity index (χ1n) is 9.86. The fourth-order valence-electron chi connectivity index (χ4n) is 3.74. The van der Waals surface area contributed by atoms with Gasteiger partial charge in [-0.25, -0.2) is 14.6 Å². The van der Waals surface area contributed by atoms with Gasteiger partial charge < -0.3 is 20.3 Å². The third kappa shape index (κ3) is 3.53. The third-order valence-corrected chi connectivity index (χ3v) is 5.61. The smallest absolute Gasteiger partial charge is 0.181 e. The standard InChI is InChI=1S/C22H20ClN5O3/c1-12-18(29)19(30)22(31-12)28-21-16(17(27-28)13-7-9-14(23)10-8-13)20(24-11-25-21)26-15-5-3-2-4-6-15/h2-12,18-19,22,29-30H,1H3,(H,24,25,26)/t12-,18+,19+,22-/m1/s1. The molecule has 5 rings (SSSR count). The molecule has 0 unspecified atom stereocenters. The first-order valence-corrected chi connectivity index (χ1v) is 10.2. The summed E-state index contributed by atoms with van der Waals surface area (Å²) in [5.41, 5.74) is 2.75. The molecule has 0 amide bonds. The maximum absolute atomic E-state index is 10.5. The molecule has 9 heteroatoms. The Balaban J connectivity index is 1.70. The Labute approximate surface area is 183 Å². The Hall–Kier alpha value is -3.04. The van der Waals surface area contributed by atoms with Crippen molar-refractivity contribution in [3.05, 3.63) is 65.9 Å². The van der Waals surface area contributed by atoms with Gasteiger partial charge in [-0.3, -0.25) is 0 Å². The monoisotopic (exact) mass is 437 g/mol. The van der Waals surface area contributed by atoms with E-state index in [2.05, 4.69) is 15.3 Å². The van der Waals surface area contributed by atoms with Crippen molar-refractivity contribution >= 4 is 34.1 Å². The van der Waals surface area contributed by atoms with Crippen LogP contribution in [0.4, 0.5) is 11.5 Å². The predicted molar refractivity (Wildman–Crippen MR) is 117 cm³/mol. The number of nitrogens with one attached hydrogen (secondary N) is 1. The molecular formula is C22H20ClN5O3. The molecule has 0 bridgehead atoms. The molecule has 3 N–H and O–H groups in total. The van der Waals surface area contributed by atoms with Crippen molar-refractivity contribution in [2.45, 2.75) is 31.5 Å². The molecule has 8 nitrogen and oxygen atoms in total. The molecule has 158 valence electrons. The van der Waals surface area contributed by atoms with E-state index >= 15 is 0 Å². The molecule has 3 heterocycles. The number of hydrogen-bond acceptors (Lipinski definition) is 7. The Morgan fingerprint density at radius 3 is 2.42 bits per heavy atom. The number of aromatic nitrogens is 4. The van der Waals surface area contributed by atoms with Crippen LogP contribution in [0.15, 0.2) is 60.9 Å². The van der Waals surface area contributed by atoms with Crippen LogP contribution >= 0.6 is 11.6 Å². The van der Waals surface area contributed by atoms with Crippen LogP contribution in [0.3, 0.4) is 0 Å². The van der Waals surface area contributed by atoms with Crippen molar-refractivity contribution in [1.29, 1.82) is 0 Å². The molecule has 4 atom stereocenters. The SMILES string of the molecule is C[C@H]1O[C@@H](n2nc(-c3ccc(Cl)cc3)c3c(Nc4ccccc4)ncnc32)[C@@H](O)[C@H]1O. The molecule has 31 heavy (non-hydrogen) atoms. The van der Waals surface area contributed by atoms with Gasteiger partial charge in [0.2, 0.25) is 0 Å². The van der Waals surface area contributed by atoms with E-state index in [1.165, 1.54) is 11.0 Å². The van der Waals surface area contributed by atoms with E-state index in [9.17, 15) is 10.2 Å². The van der Waals surface area contributed by atoms with E-state index in [1.54, 1.807) is 19.1 Å². The van der Waals surface area contributed by atoms with E-state index < -0.39 is 24.5 Å². The lowest BCUT2D eigenvalue weighted by molar-refractivity contribution is -0.0370. The Morgan fingerprint density at radius 1 is 1.00 bits per heavy atom. The first-order chi connectivity index (χ1) is 15.0. The summed E-state index contributed by atoms with van der Waals surface area (Å²) in [5, 5.41) is 30.1. The molecule has 0 radical (unpaired) electrons. The average molecular weight is 438 g/mol. The normalized spacial score (nSPS) is 23.4. The number of hydrogen-bond donors (Lipinski definition) is 3. The minimum absolute atomic E-state index is 0.476. The summed E-state index contributed by atoms with van der Waals surface area (Å²) < 4.78 is 7.31. The van der Waals surface area contributed by atoms with Crippen LogP contribution in [-0.4, -0.2) is 48.3 Å². The highest BCUT2D eigenvalue weighted by molar-refractivity contribution is 6.30. The summed E-state index contributed by atoms with van der Waals surface area (Å²) in [6.07, 6.45) is -2.16. The van der Waals surface area contributed by atoms with Crippen LogP contribution in [0, 0.1) is 0 Å². The van der Waals surface area contributed by atoms with Crippen molar-refractivity contribution in [1.82, 2.24) is 19.7 Å². The Morgan fingerprint density at radius 2 is 1.74 bits per heavy atom. The number of para-hydroxylation sites is 1. The minimum atomic E-state index is -1.14. The summed E-state index contributed by atoms with van der Waals surface area (Å²) in [5.74, 6) is 0.563. The largest absolute Gasteiger partial charge is 0.388 e. The zero-order valence-electron chi connectivity index (χ0n) is 16.6. The summed E-state index contributed by atoms with van der Waals surface area (Å²) in [6, 6.07) is 16.9. The molecule has 1 aliphatic rings. The lowest BCUT2D eigenvalue weighted by atomic mass is 10.1. The first kappa shape index (κ1) is 19.9. The van der Waals surface area contributed by atoms with Gasteiger partial charge >= 0.3 is 0 Å². The van der Waals surface area contributed by atoms with Gasteiger partial charge in [0.15, 0.2) is 11.9 Å². The number of rotatable bonds is 4. The number of aliphatic hydroxyl groups excluding tert-OH is 2. The van der Waals surface area contributed by atoms with Crippen molar-refractivity contribution in [2.75, 3.05) is 5.32 Å². The fourth-order valence-corrected chi connectivity index (χ4v) is 3.87. The number of anilines is 2. The summed E-state index contributed by atoms with van der Waals surface area (Å²) in [7, 11) is 0. The molecule has 1 aliphatic heterocycles. The van der Waals surface area contributed by atoms with Crippen molar-refractivity contribution < 1.29 is 14.9 Å². The van der Waals surface area contributed by atoms with Crippen LogP contribution in [0.2, 0.25) is 5.02 Å². The van der Waals surface area contributed by atoms with Crippen molar-refractivity contribution in [3.63, 3.8) is 0 Å². The zero-order chi connectivity index (χ0) is 21.5. The van der Waals surface area contributed by atoms with Crippen molar-refractivity contribution in [2.24, 2.45) is 0 Å². The lowest BCUT2D eigenvalue weighted by Crippen LogP contribution is -2.30. The molecule has 2 aromatic carbocycles. The van der Waals surface area contributed by atoms with E-state index in [0.717, 1.165) is 11.3 Å². The maximum Gasteiger partial charge on any atom is 0.181 e. The topological polar surface area (TPSA) is 105 Å². The lowest BCUT2D eigenvalue weighted by Gasteiger charge is -2.15. The Kier molecular flexibility index (Phi) is 5.07. The average Bonchev–Trinajstić information content (AvgIpc) is 3.29. The van der Waals surface area contributed by atoms with Gasteiger partial charge in [-0.05, 0) is 31.2 Å². The number of nitrogens with zero attached hydrogens (tertiary/aromatic N) is 4. The van der Waals surface area contributed by atoms with Crippen LogP contribution < -0.4 is 5.32 Å².